The average Bonchev–Trinajstić information content (AvgIpc) is 2.35. The van der Waals surface area contributed by atoms with Crippen LogP contribution in [0.15, 0.2) is 152 Å². The molecule has 7 aromatic rings. The van der Waals surface area contributed by atoms with Crippen LogP contribution >= 0.6 is 0 Å². The molecule has 0 unspecified atom stereocenters. The fourth-order valence-corrected chi connectivity index (χ4v) is 11.2. The Kier molecular flexibility index (Phi) is 30.0. The van der Waals surface area contributed by atoms with Crippen molar-refractivity contribution in [1.29, 1.82) is 5.26 Å². The quantitative estimate of drug-likeness (QED) is 0.0209. The number of hydrogen-bond acceptors (Lipinski definition) is 9. The Labute approximate surface area is 533 Å². The molecule has 0 radical (unpaired) electrons. The minimum absolute atomic E-state index is 0.0957. The lowest BCUT2D eigenvalue weighted by Crippen LogP contribution is -2.14. The Morgan fingerprint density at radius 2 is 0.600 bits per heavy atom. The zero-order chi connectivity index (χ0) is 63.6. The number of esters is 4. The number of nitriles is 1. The predicted molar refractivity (Wildman–Crippen MR) is 356 cm³/mol. The Morgan fingerprint density at radius 1 is 0.322 bits per heavy atom. The second-order valence-electron chi connectivity index (χ2n) is 23.9. The van der Waals surface area contributed by atoms with Crippen LogP contribution in [0.25, 0.3) is 22.3 Å². The highest BCUT2D eigenvalue weighted by atomic mass is 19.1. The van der Waals surface area contributed by atoms with Crippen LogP contribution in [0.1, 0.15) is 252 Å². The maximum atomic E-state index is 15.4. The van der Waals surface area contributed by atoms with E-state index >= 15 is 8.78 Å². The minimum Gasteiger partial charge on any atom is -0.423 e. The molecule has 0 aliphatic heterocycles. The maximum Gasteiger partial charge on any atom is 0.346 e. The van der Waals surface area contributed by atoms with Gasteiger partial charge in [-0.05, 0) is 120 Å². The van der Waals surface area contributed by atoms with E-state index in [2.05, 4.69) is 62.4 Å². The molecule has 0 N–H and O–H groups in total. The molecule has 90 heavy (non-hydrogen) atoms. The highest BCUT2D eigenvalue weighted by Gasteiger charge is 2.21. The Bertz CT molecular complexity index is 3150. The summed E-state index contributed by atoms with van der Waals surface area (Å²) < 4.78 is 52.5. The van der Waals surface area contributed by atoms with Crippen molar-refractivity contribution in [3.05, 3.63) is 202 Å². The van der Waals surface area contributed by atoms with E-state index in [0.29, 0.717) is 0 Å². The van der Waals surface area contributed by atoms with E-state index in [9.17, 15) is 24.4 Å². The van der Waals surface area contributed by atoms with E-state index in [-0.39, 0.29) is 39.7 Å². The molecule has 7 rings (SSSR count). The summed E-state index contributed by atoms with van der Waals surface area (Å²) in [6.07, 6.45) is 39.5. The monoisotopic (exact) mass is 1220 g/mol. The largest absolute Gasteiger partial charge is 0.423 e. The summed E-state index contributed by atoms with van der Waals surface area (Å²) in [4.78, 5) is 52.7. The first-order valence-electron chi connectivity index (χ1n) is 33.4. The van der Waals surface area contributed by atoms with Crippen molar-refractivity contribution < 1.29 is 46.9 Å². The van der Waals surface area contributed by atoms with E-state index < -0.39 is 46.6 Å². The number of hydrogen-bond donors (Lipinski definition) is 0. The van der Waals surface area contributed by atoms with Gasteiger partial charge in [0.1, 0.15) is 34.6 Å². The number of aryl methyl sites for hydroxylation is 2. The Hall–Kier alpha value is -8.23. The normalized spacial score (nSPS) is 11.1. The van der Waals surface area contributed by atoms with Crippen LogP contribution in [0.4, 0.5) is 8.78 Å². The van der Waals surface area contributed by atoms with Crippen molar-refractivity contribution >= 4 is 23.9 Å². The standard InChI is InChI=1S/C79H91F2NO8/c1-3-5-7-9-11-13-15-17-19-21-23-25-27-29-31-59-33-37-62(38-34-59)64-41-45-66(46-42-64)76(83)87-68-49-51-72(74(80)56-68)78(85)89-70-53-61(58-82)54-71(55-70)90-79(86)73-52-50-69(57-75(73)81)88-77(84)67-47-43-65(44-48-67)63-39-35-60(36-40-63)32-30-28-26-24-22-20-18-16-14-12-10-8-6-4-2/h33-57H,3-32H2,1-2H3. The SMILES string of the molecule is CCCCCCCCCCCCCCCCc1ccc(-c2ccc(C(=O)Oc3ccc(C(=O)Oc4cc(C#N)cc(OC(=O)c5ccc(OC(=O)c6ccc(-c7ccc(CCCCCCCCCCCCCCCC)cc7)cc6)cc5F)c4)c(F)c3)cc2)cc1. The van der Waals surface area contributed by atoms with Gasteiger partial charge in [0.05, 0.1) is 33.9 Å². The summed E-state index contributed by atoms with van der Waals surface area (Å²) in [7, 11) is 0. The van der Waals surface area contributed by atoms with Crippen molar-refractivity contribution in [2.45, 2.75) is 206 Å². The van der Waals surface area contributed by atoms with Gasteiger partial charge in [-0.1, -0.05) is 254 Å². The van der Waals surface area contributed by atoms with Gasteiger partial charge in [-0.25, -0.2) is 28.0 Å². The third-order valence-corrected chi connectivity index (χ3v) is 16.6. The number of carbonyl (C=O) groups excluding carboxylic acids is 4. The van der Waals surface area contributed by atoms with Crippen LogP contribution in [0.5, 0.6) is 23.0 Å². The first kappa shape index (κ1) is 69.2. The summed E-state index contributed by atoms with van der Waals surface area (Å²) >= 11 is 0. The fourth-order valence-electron chi connectivity index (χ4n) is 11.2. The molecule has 0 bridgehead atoms. The number of benzene rings is 7. The van der Waals surface area contributed by atoms with Crippen molar-refractivity contribution in [2.75, 3.05) is 0 Å². The van der Waals surface area contributed by atoms with Gasteiger partial charge in [-0.15, -0.1) is 0 Å². The van der Waals surface area contributed by atoms with Gasteiger partial charge in [0.25, 0.3) is 0 Å². The molecule has 7 aromatic carbocycles. The summed E-state index contributed by atoms with van der Waals surface area (Å²) in [5.41, 5.74) is 5.82. The van der Waals surface area contributed by atoms with Crippen molar-refractivity contribution in [3.63, 3.8) is 0 Å². The van der Waals surface area contributed by atoms with Gasteiger partial charge in [0.2, 0.25) is 0 Å². The third kappa shape index (κ3) is 23.9. The number of carbonyl (C=O) groups is 4. The predicted octanol–water partition coefficient (Wildman–Crippen LogP) is 22.1. The molecular weight excluding hydrogens is 1130 g/mol. The molecule has 0 aromatic heterocycles. The zero-order valence-corrected chi connectivity index (χ0v) is 53.1. The Morgan fingerprint density at radius 3 is 0.889 bits per heavy atom. The Balaban J connectivity index is 0.805. The van der Waals surface area contributed by atoms with Crippen LogP contribution < -0.4 is 18.9 Å². The summed E-state index contributed by atoms with van der Waals surface area (Å²) in [6.45, 7) is 4.53. The van der Waals surface area contributed by atoms with Gasteiger partial charge in [-0.2, -0.15) is 5.26 Å². The number of halogens is 2. The van der Waals surface area contributed by atoms with E-state index in [1.54, 1.807) is 24.3 Å². The molecule has 0 saturated heterocycles. The minimum atomic E-state index is -1.17. The lowest BCUT2D eigenvalue weighted by molar-refractivity contribution is 0.0720. The first-order chi connectivity index (χ1) is 44.0. The molecule has 0 saturated carbocycles. The van der Waals surface area contributed by atoms with Gasteiger partial charge < -0.3 is 18.9 Å². The van der Waals surface area contributed by atoms with E-state index in [4.69, 9.17) is 18.9 Å². The zero-order valence-electron chi connectivity index (χ0n) is 53.1. The highest BCUT2D eigenvalue weighted by Crippen LogP contribution is 2.29. The van der Waals surface area contributed by atoms with Gasteiger partial charge in [-0.3, -0.25) is 0 Å². The topological polar surface area (TPSA) is 129 Å². The molecule has 11 heteroatoms. The molecule has 9 nitrogen and oxygen atoms in total. The number of nitrogens with zero attached hydrogens (tertiary/aromatic N) is 1. The number of unbranched alkanes of at least 4 members (excludes halogenated alkanes) is 26. The molecule has 0 fully saturated rings. The summed E-state index contributed by atoms with van der Waals surface area (Å²) in [6, 6.07) is 42.5. The smallest absolute Gasteiger partial charge is 0.346 e. The van der Waals surface area contributed by atoms with Crippen molar-refractivity contribution in [2.24, 2.45) is 0 Å². The van der Waals surface area contributed by atoms with Crippen LogP contribution in [-0.4, -0.2) is 23.9 Å². The fraction of sp³-hybridized carbons (Fsp3) is 0.405. The first-order valence-corrected chi connectivity index (χ1v) is 33.4. The molecule has 0 aliphatic carbocycles. The van der Waals surface area contributed by atoms with Crippen LogP contribution in [-0.2, 0) is 12.8 Å². The van der Waals surface area contributed by atoms with Crippen molar-refractivity contribution in [3.8, 4) is 51.3 Å². The molecular formula is C79H91F2NO8. The lowest BCUT2D eigenvalue weighted by atomic mass is 10.00. The molecule has 0 heterocycles. The van der Waals surface area contributed by atoms with Crippen LogP contribution in [0.3, 0.4) is 0 Å². The van der Waals surface area contributed by atoms with E-state index in [0.717, 1.165) is 65.4 Å². The lowest BCUT2D eigenvalue weighted by Gasteiger charge is -2.11. The number of ether oxygens (including phenoxy) is 4. The maximum absolute atomic E-state index is 15.4. The molecule has 0 amide bonds. The second kappa shape index (κ2) is 39.0. The molecule has 0 aliphatic rings. The third-order valence-electron chi connectivity index (χ3n) is 16.6. The van der Waals surface area contributed by atoms with Gasteiger partial charge in [0, 0.05) is 18.2 Å². The van der Waals surface area contributed by atoms with Gasteiger partial charge >= 0.3 is 23.9 Å². The van der Waals surface area contributed by atoms with Gasteiger partial charge in [0.15, 0.2) is 0 Å². The van der Waals surface area contributed by atoms with Crippen LogP contribution in [0.2, 0.25) is 0 Å². The number of rotatable bonds is 40. The van der Waals surface area contributed by atoms with Crippen LogP contribution in [0, 0.1) is 23.0 Å². The second-order valence-corrected chi connectivity index (χ2v) is 23.9. The average molecular weight is 1220 g/mol. The highest BCUT2D eigenvalue weighted by molar-refractivity contribution is 5.95. The van der Waals surface area contributed by atoms with E-state index in [1.165, 1.54) is 215 Å². The van der Waals surface area contributed by atoms with E-state index in [1.807, 2.05) is 30.3 Å². The van der Waals surface area contributed by atoms with Crippen molar-refractivity contribution in [1.82, 2.24) is 0 Å². The molecule has 0 spiro atoms. The summed E-state index contributed by atoms with van der Waals surface area (Å²) in [5.74, 6) is -6.78. The summed E-state index contributed by atoms with van der Waals surface area (Å²) in [5, 5.41) is 9.72. The molecule has 0 atom stereocenters. The molecule has 474 valence electrons.